The number of hydrogen-bond acceptors (Lipinski definition) is 8. The van der Waals surface area contributed by atoms with Gasteiger partial charge in [-0.2, -0.15) is 0 Å². The lowest BCUT2D eigenvalue weighted by molar-refractivity contribution is -0.368. The number of benzene rings is 2. The third kappa shape index (κ3) is 3.56. The molecular formula is C21H24O8S. The third-order valence-corrected chi connectivity index (χ3v) is 6.83. The summed E-state index contributed by atoms with van der Waals surface area (Å²) in [5.74, 6) is -1.68. The highest BCUT2D eigenvalue weighted by molar-refractivity contribution is 7.90. The normalized spacial score (nSPS) is 31.1. The van der Waals surface area contributed by atoms with Gasteiger partial charge in [0, 0.05) is 11.8 Å². The number of rotatable bonds is 4. The molecule has 2 aromatic rings. The van der Waals surface area contributed by atoms with E-state index < -0.39 is 46.6 Å². The summed E-state index contributed by atoms with van der Waals surface area (Å²) in [5, 5.41) is 40.5. The summed E-state index contributed by atoms with van der Waals surface area (Å²) in [6.45, 7) is -0.394. The van der Waals surface area contributed by atoms with E-state index in [0.717, 1.165) is 22.9 Å². The van der Waals surface area contributed by atoms with E-state index in [0.29, 0.717) is 12.0 Å². The lowest BCUT2D eigenvalue weighted by Gasteiger charge is -2.46. The SMILES string of the molecule is CS(=O)(=O)c1ccc(Cc2ccc3c(c2)[C@]2(OC3)O[C@H](CO)[C@@H](O)[C@H](O)[C@H]2O)cc1. The maximum absolute atomic E-state index is 11.6. The van der Waals surface area contributed by atoms with Gasteiger partial charge < -0.3 is 29.9 Å². The standard InChI is InChI=1S/C21H24O8S/c1-30(26,27)15-6-3-12(4-7-15)8-13-2-5-14-11-28-21(16(14)9-13)20(25)19(24)18(23)17(10-22)29-21/h2-7,9,17-20,22-25H,8,10-11H2,1H3/t17-,18-,19+,20-,21+/m1/s1. The molecule has 1 saturated heterocycles. The average molecular weight is 436 g/mol. The van der Waals surface area contributed by atoms with Crippen molar-refractivity contribution in [1.82, 2.24) is 0 Å². The Bertz CT molecular complexity index is 1030. The predicted molar refractivity (Wildman–Crippen MR) is 105 cm³/mol. The topological polar surface area (TPSA) is 134 Å². The highest BCUT2D eigenvalue weighted by Crippen LogP contribution is 2.46. The second-order valence-electron chi connectivity index (χ2n) is 7.81. The van der Waals surface area contributed by atoms with Gasteiger partial charge in [-0.25, -0.2) is 8.42 Å². The largest absolute Gasteiger partial charge is 0.394 e. The first kappa shape index (κ1) is 21.4. The molecule has 0 radical (unpaired) electrons. The first-order valence-electron chi connectivity index (χ1n) is 9.54. The van der Waals surface area contributed by atoms with Crippen LogP contribution in [0.1, 0.15) is 22.3 Å². The van der Waals surface area contributed by atoms with E-state index in [1.165, 1.54) is 0 Å². The van der Waals surface area contributed by atoms with Gasteiger partial charge in [0.05, 0.1) is 18.1 Å². The molecule has 4 rings (SSSR count). The zero-order chi connectivity index (χ0) is 21.7. The summed E-state index contributed by atoms with van der Waals surface area (Å²) in [7, 11) is -3.27. The molecule has 2 aromatic carbocycles. The van der Waals surface area contributed by atoms with E-state index in [1.807, 2.05) is 12.1 Å². The smallest absolute Gasteiger partial charge is 0.225 e. The molecule has 1 fully saturated rings. The minimum absolute atomic E-state index is 0.149. The molecular weight excluding hydrogens is 412 g/mol. The summed E-state index contributed by atoms with van der Waals surface area (Å²) < 4.78 is 34.8. The molecule has 9 heteroatoms. The summed E-state index contributed by atoms with van der Waals surface area (Å²) in [5.41, 5.74) is 3.06. The van der Waals surface area contributed by atoms with Crippen molar-refractivity contribution in [3.05, 3.63) is 64.7 Å². The maximum atomic E-state index is 11.6. The number of sulfone groups is 1. The fourth-order valence-electron chi connectivity index (χ4n) is 4.02. The van der Waals surface area contributed by atoms with Crippen molar-refractivity contribution in [2.75, 3.05) is 12.9 Å². The number of hydrogen-bond donors (Lipinski definition) is 4. The van der Waals surface area contributed by atoms with E-state index in [9.17, 15) is 28.8 Å². The number of aliphatic hydroxyl groups is 4. The average Bonchev–Trinajstić information content (AvgIpc) is 3.08. The van der Waals surface area contributed by atoms with Crippen molar-refractivity contribution < 1.29 is 38.3 Å². The molecule has 0 unspecified atom stereocenters. The van der Waals surface area contributed by atoms with Crippen LogP contribution >= 0.6 is 0 Å². The maximum Gasteiger partial charge on any atom is 0.225 e. The number of aliphatic hydroxyl groups excluding tert-OH is 4. The van der Waals surface area contributed by atoms with Crippen molar-refractivity contribution in [2.45, 2.75) is 48.1 Å². The van der Waals surface area contributed by atoms with Gasteiger partial charge in [0.15, 0.2) is 9.84 Å². The fraction of sp³-hybridized carbons (Fsp3) is 0.429. The van der Waals surface area contributed by atoms with E-state index in [4.69, 9.17) is 9.47 Å². The van der Waals surface area contributed by atoms with E-state index >= 15 is 0 Å². The Morgan fingerprint density at radius 1 is 1.03 bits per heavy atom. The number of ether oxygens (including phenoxy) is 2. The van der Waals surface area contributed by atoms with Crippen LogP contribution in [-0.2, 0) is 38.1 Å². The van der Waals surface area contributed by atoms with E-state index in [-0.39, 0.29) is 11.5 Å². The van der Waals surface area contributed by atoms with Crippen LogP contribution in [0.3, 0.4) is 0 Å². The summed E-state index contributed by atoms with van der Waals surface area (Å²) in [4.78, 5) is 0.244. The van der Waals surface area contributed by atoms with Crippen molar-refractivity contribution in [2.24, 2.45) is 0 Å². The fourth-order valence-corrected chi connectivity index (χ4v) is 4.65. The molecule has 0 saturated carbocycles. The summed E-state index contributed by atoms with van der Waals surface area (Å²) >= 11 is 0. The number of fused-ring (bicyclic) bond motifs is 2. The van der Waals surface area contributed by atoms with Gasteiger partial charge in [-0.1, -0.05) is 24.3 Å². The van der Waals surface area contributed by atoms with Crippen LogP contribution in [0, 0.1) is 0 Å². The Labute approximate surface area is 174 Å². The van der Waals surface area contributed by atoms with E-state index in [1.54, 1.807) is 30.3 Å². The van der Waals surface area contributed by atoms with Crippen molar-refractivity contribution in [3.8, 4) is 0 Å². The van der Waals surface area contributed by atoms with Crippen LogP contribution in [0.5, 0.6) is 0 Å². The zero-order valence-corrected chi connectivity index (χ0v) is 17.1. The monoisotopic (exact) mass is 436 g/mol. The van der Waals surface area contributed by atoms with Crippen molar-refractivity contribution in [3.63, 3.8) is 0 Å². The molecule has 5 atom stereocenters. The predicted octanol–water partition coefficient (Wildman–Crippen LogP) is -0.162. The molecule has 0 aromatic heterocycles. The van der Waals surface area contributed by atoms with Gasteiger partial charge in [-0.15, -0.1) is 0 Å². The first-order valence-corrected chi connectivity index (χ1v) is 11.4. The van der Waals surface area contributed by atoms with Crippen LogP contribution in [0.15, 0.2) is 47.4 Å². The molecule has 0 bridgehead atoms. The second kappa shape index (κ2) is 7.69. The van der Waals surface area contributed by atoms with Gasteiger partial charge in [0.1, 0.15) is 24.4 Å². The van der Waals surface area contributed by atoms with Crippen LogP contribution in [-0.4, -0.2) is 66.1 Å². The van der Waals surface area contributed by atoms with Gasteiger partial charge in [0.25, 0.3) is 0 Å². The molecule has 2 aliphatic heterocycles. The Morgan fingerprint density at radius 3 is 2.33 bits per heavy atom. The zero-order valence-electron chi connectivity index (χ0n) is 16.3. The highest BCUT2D eigenvalue weighted by Gasteiger charge is 2.58. The van der Waals surface area contributed by atoms with Crippen molar-refractivity contribution >= 4 is 9.84 Å². The molecule has 30 heavy (non-hydrogen) atoms. The minimum Gasteiger partial charge on any atom is -0.394 e. The molecule has 2 heterocycles. The van der Waals surface area contributed by atoms with Crippen LogP contribution in [0.2, 0.25) is 0 Å². The lowest BCUT2D eigenvalue weighted by Crippen LogP contribution is -2.63. The molecule has 4 N–H and O–H groups in total. The second-order valence-corrected chi connectivity index (χ2v) is 9.82. The summed E-state index contributed by atoms with van der Waals surface area (Å²) in [6, 6.07) is 12.1. The van der Waals surface area contributed by atoms with Crippen LogP contribution in [0.4, 0.5) is 0 Å². The first-order chi connectivity index (χ1) is 14.2. The van der Waals surface area contributed by atoms with Gasteiger partial charge >= 0.3 is 0 Å². The quantitative estimate of drug-likeness (QED) is 0.520. The molecule has 0 amide bonds. The van der Waals surface area contributed by atoms with Crippen molar-refractivity contribution in [1.29, 1.82) is 0 Å². The minimum atomic E-state index is -3.27. The third-order valence-electron chi connectivity index (χ3n) is 5.70. The van der Waals surface area contributed by atoms with Gasteiger partial charge in [0.2, 0.25) is 5.79 Å². The Kier molecular flexibility index (Phi) is 5.48. The van der Waals surface area contributed by atoms with E-state index in [2.05, 4.69) is 0 Å². The lowest BCUT2D eigenvalue weighted by atomic mass is 9.86. The van der Waals surface area contributed by atoms with Gasteiger partial charge in [-0.3, -0.25) is 0 Å². The highest BCUT2D eigenvalue weighted by atomic mass is 32.2. The Hall–Kier alpha value is -1.85. The molecule has 2 aliphatic rings. The summed E-state index contributed by atoms with van der Waals surface area (Å²) in [6.07, 6.45) is -3.99. The van der Waals surface area contributed by atoms with Gasteiger partial charge in [-0.05, 0) is 41.3 Å². The molecule has 0 aliphatic carbocycles. The van der Waals surface area contributed by atoms with Crippen LogP contribution in [0.25, 0.3) is 0 Å². The molecule has 8 nitrogen and oxygen atoms in total. The van der Waals surface area contributed by atoms with Crippen LogP contribution < -0.4 is 0 Å². The molecule has 162 valence electrons. The molecule has 1 spiro atoms. The Morgan fingerprint density at radius 2 is 1.70 bits per heavy atom. The Balaban J connectivity index is 1.65.